The molecule has 0 radical (unpaired) electrons. The van der Waals surface area contributed by atoms with Crippen LogP contribution in [0.1, 0.15) is 64.4 Å². The van der Waals surface area contributed by atoms with E-state index in [2.05, 4.69) is 14.9 Å². The second-order valence-corrected chi connectivity index (χ2v) is 7.62. The molecule has 7 heteroatoms. The second kappa shape index (κ2) is 7.21. The number of hydrogen-bond donors (Lipinski definition) is 1. The number of aromatic nitrogens is 2. The summed E-state index contributed by atoms with van der Waals surface area (Å²) in [5.41, 5.74) is 1.42. The third-order valence-corrected chi connectivity index (χ3v) is 5.50. The first-order valence-electron chi connectivity index (χ1n) is 9.71. The first-order chi connectivity index (χ1) is 13.0. The number of likely N-dealkylation sites (tertiary alicyclic amines) is 1. The fraction of sp³-hybridized carbons (Fsp3) is 0.550. The maximum Gasteiger partial charge on any atom is 0.289 e. The predicted octanol–water partition coefficient (Wildman–Crippen LogP) is 2.71. The Morgan fingerprint density at radius 3 is 2.59 bits per heavy atom. The van der Waals surface area contributed by atoms with Crippen LogP contribution in [0, 0.1) is 19.8 Å². The van der Waals surface area contributed by atoms with Crippen molar-refractivity contribution >= 4 is 11.8 Å². The van der Waals surface area contributed by atoms with E-state index in [4.69, 9.17) is 4.42 Å². The Morgan fingerprint density at radius 2 is 1.96 bits per heavy atom. The van der Waals surface area contributed by atoms with Gasteiger partial charge >= 0.3 is 0 Å². The van der Waals surface area contributed by atoms with Crippen molar-refractivity contribution in [3.63, 3.8) is 0 Å². The summed E-state index contributed by atoms with van der Waals surface area (Å²) in [5, 5.41) is 2.95. The molecule has 1 N–H and O–H groups in total. The second-order valence-electron chi connectivity index (χ2n) is 7.62. The van der Waals surface area contributed by atoms with Gasteiger partial charge in [-0.25, -0.2) is 4.98 Å². The SMILES string of the molecule is Cc1nc(C)c(C(=O)NCC2CCN(C(=O)c3cccn3C3CC3)CC2)o1. The average Bonchev–Trinajstić information content (AvgIpc) is 3.29. The monoisotopic (exact) mass is 370 g/mol. The number of carbonyl (C=O) groups is 2. The van der Waals surface area contributed by atoms with E-state index < -0.39 is 0 Å². The Bertz CT molecular complexity index is 841. The molecule has 0 spiro atoms. The molecule has 4 rings (SSSR count). The third kappa shape index (κ3) is 3.77. The maximum atomic E-state index is 12.8. The van der Waals surface area contributed by atoms with Crippen LogP contribution >= 0.6 is 0 Å². The smallest absolute Gasteiger partial charge is 0.289 e. The molecule has 0 aromatic carbocycles. The Balaban J connectivity index is 1.27. The van der Waals surface area contributed by atoms with E-state index in [9.17, 15) is 9.59 Å². The van der Waals surface area contributed by atoms with Crippen LogP contribution in [0.2, 0.25) is 0 Å². The molecule has 2 aromatic heterocycles. The molecule has 2 aliphatic rings. The van der Waals surface area contributed by atoms with Crippen LogP contribution in [-0.2, 0) is 0 Å². The van der Waals surface area contributed by atoms with Crippen LogP contribution in [0.15, 0.2) is 22.7 Å². The van der Waals surface area contributed by atoms with Crippen molar-refractivity contribution in [2.24, 2.45) is 5.92 Å². The van der Waals surface area contributed by atoms with Crippen molar-refractivity contribution in [3.8, 4) is 0 Å². The van der Waals surface area contributed by atoms with Gasteiger partial charge in [-0.1, -0.05) is 0 Å². The molecule has 2 aromatic rings. The van der Waals surface area contributed by atoms with Crippen molar-refractivity contribution in [1.29, 1.82) is 0 Å². The number of hydrogen-bond acceptors (Lipinski definition) is 4. The molecule has 2 fully saturated rings. The minimum Gasteiger partial charge on any atom is -0.436 e. The van der Waals surface area contributed by atoms with Crippen LogP contribution in [0.4, 0.5) is 0 Å². The molecule has 1 aliphatic carbocycles. The van der Waals surface area contributed by atoms with E-state index in [0.717, 1.165) is 31.6 Å². The van der Waals surface area contributed by atoms with E-state index in [1.165, 1.54) is 12.8 Å². The summed E-state index contributed by atoms with van der Waals surface area (Å²) < 4.78 is 7.48. The van der Waals surface area contributed by atoms with Gasteiger partial charge in [-0.05, 0) is 50.7 Å². The number of piperidine rings is 1. The zero-order valence-electron chi connectivity index (χ0n) is 15.9. The van der Waals surface area contributed by atoms with Gasteiger partial charge in [0.05, 0.1) is 5.69 Å². The molecule has 1 aliphatic heterocycles. The number of oxazole rings is 1. The molecule has 2 amide bonds. The van der Waals surface area contributed by atoms with Gasteiger partial charge in [-0.2, -0.15) is 0 Å². The molecule has 7 nitrogen and oxygen atoms in total. The minimum atomic E-state index is -0.214. The number of nitrogens with one attached hydrogen (secondary N) is 1. The van der Waals surface area contributed by atoms with Crippen molar-refractivity contribution in [2.45, 2.75) is 45.6 Å². The Hall–Kier alpha value is -2.57. The van der Waals surface area contributed by atoms with Crippen LogP contribution in [0.3, 0.4) is 0 Å². The summed E-state index contributed by atoms with van der Waals surface area (Å²) >= 11 is 0. The normalized spacial score (nSPS) is 17.9. The zero-order valence-corrected chi connectivity index (χ0v) is 15.9. The number of amides is 2. The van der Waals surface area contributed by atoms with E-state index >= 15 is 0 Å². The first kappa shape index (κ1) is 17.8. The fourth-order valence-corrected chi connectivity index (χ4v) is 3.81. The van der Waals surface area contributed by atoms with Crippen LogP contribution in [0.25, 0.3) is 0 Å². The average molecular weight is 370 g/mol. The lowest BCUT2D eigenvalue weighted by atomic mass is 9.96. The molecule has 1 saturated heterocycles. The van der Waals surface area contributed by atoms with Gasteiger partial charge in [-0.15, -0.1) is 0 Å². The number of rotatable bonds is 5. The minimum absolute atomic E-state index is 0.127. The fourth-order valence-electron chi connectivity index (χ4n) is 3.81. The summed E-state index contributed by atoms with van der Waals surface area (Å²) in [5.74, 6) is 1.08. The van der Waals surface area contributed by atoms with Crippen molar-refractivity contribution in [2.75, 3.05) is 19.6 Å². The molecular formula is C20H26N4O3. The molecule has 144 valence electrons. The van der Waals surface area contributed by atoms with Crippen LogP contribution < -0.4 is 5.32 Å². The van der Waals surface area contributed by atoms with Gasteiger partial charge in [0.1, 0.15) is 5.69 Å². The van der Waals surface area contributed by atoms with Gasteiger partial charge in [0.25, 0.3) is 11.8 Å². The Labute approximate surface area is 158 Å². The summed E-state index contributed by atoms with van der Waals surface area (Å²) in [6.45, 7) is 5.56. The van der Waals surface area contributed by atoms with E-state index in [1.807, 2.05) is 23.2 Å². The predicted molar refractivity (Wildman–Crippen MR) is 99.6 cm³/mol. The van der Waals surface area contributed by atoms with E-state index in [-0.39, 0.29) is 11.8 Å². The summed E-state index contributed by atoms with van der Waals surface area (Å²) in [7, 11) is 0. The Kier molecular flexibility index (Phi) is 4.76. The van der Waals surface area contributed by atoms with E-state index in [1.54, 1.807) is 13.8 Å². The molecule has 27 heavy (non-hydrogen) atoms. The van der Waals surface area contributed by atoms with Crippen molar-refractivity contribution < 1.29 is 14.0 Å². The quantitative estimate of drug-likeness (QED) is 0.877. The molecular weight excluding hydrogens is 344 g/mol. The topological polar surface area (TPSA) is 80.4 Å². The number of carbonyl (C=O) groups excluding carboxylic acids is 2. The largest absolute Gasteiger partial charge is 0.436 e. The van der Waals surface area contributed by atoms with Crippen molar-refractivity contribution in [3.05, 3.63) is 41.4 Å². The van der Waals surface area contributed by atoms with Gasteiger partial charge in [-0.3, -0.25) is 9.59 Å². The third-order valence-electron chi connectivity index (χ3n) is 5.50. The van der Waals surface area contributed by atoms with Crippen molar-refractivity contribution in [1.82, 2.24) is 19.8 Å². The molecule has 3 heterocycles. The maximum absolute atomic E-state index is 12.8. The summed E-state index contributed by atoms with van der Waals surface area (Å²) in [4.78, 5) is 31.1. The zero-order chi connectivity index (χ0) is 19.0. The first-order valence-corrected chi connectivity index (χ1v) is 9.71. The highest BCUT2D eigenvalue weighted by Gasteiger charge is 2.30. The molecule has 1 saturated carbocycles. The number of aryl methyl sites for hydroxylation is 2. The van der Waals surface area contributed by atoms with E-state index in [0.29, 0.717) is 35.8 Å². The molecule has 0 unspecified atom stereocenters. The Morgan fingerprint density at radius 1 is 1.22 bits per heavy atom. The molecule has 0 bridgehead atoms. The summed E-state index contributed by atoms with van der Waals surface area (Å²) in [6.07, 6.45) is 6.14. The highest BCUT2D eigenvalue weighted by Crippen LogP contribution is 2.36. The lowest BCUT2D eigenvalue weighted by molar-refractivity contribution is 0.0672. The van der Waals surface area contributed by atoms with Gasteiger partial charge < -0.3 is 19.2 Å². The standard InChI is InChI=1S/C20H26N4O3/c1-13-18(27-14(2)22-13)19(25)21-12-15-7-10-23(11-8-15)20(26)17-4-3-9-24(17)16-5-6-16/h3-4,9,15-16H,5-8,10-12H2,1-2H3,(H,21,25). The highest BCUT2D eigenvalue weighted by atomic mass is 16.4. The summed E-state index contributed by atoms with van der Waals surface area (Å²) in [6, 6.07) is 4.39. The van der Waals surface area contributed by atoms with Gasteiger partial charge in [0, 0.05) is 38.8 Å². The van der Waals surface area contributed by atoms with Gasteiger partial charge in [0.15, 0.2) is 5.89 Å². The van der Waals surface area contributed by atoms with Crippen LogP contribution in [0.5, 0.6) is 0 Å². The van der Waals surface area contributed by atoms with Crippen LogP contribution in [-0.4, -0.2) is 45.9 Å². The highest BCUT2D eigenvalue weighted by molar-refractivity contribution is 5.93. The molecule has 0 atom stereocenters. The number of nitrogens with zero attached hydrogens (tertiary/aromatic N) is 3. The lowest BCUT2D eigenvalue weighted by Crippen LogP contribution is -2.42. The van der Waals surface area contributed by atoms with Gasteiger partial charge in [0.2, 0.25) is 5.76 Å². The lowest BCUT2D eigenvalue weighted by Gasteiger charge is -2.32.